The Labute approximate surface area is 173 Å². The van der Waals surface area contributed by atoms with E-state index in [4.69, 9.17) is 9.47 Å². The molecule has 1 unspecified atom stereocenters. The van der Waals surface area contributed by atoms with E-state index in [2.05, 4.69) is 66.4 Å². The zero-order valence-corrected chi connectivity index (χ0v) is 17.4. The fourth-order valence-corrected chi connectivity index (χ4v) is 5.33. The third-order valence-corrected chi connectivity index (χ3v) is 6.77. The third kappa shape index (κ3) is 3.13. The number of hydrogen-bond donors (Lipinski definition) is 0. The summed E-state index contributed by atoms with van der Waals surface area (Å²) in [5, 5.41) is 2.57. The van der Waals surface area contributed by atoms with E-state index in [1.54, 1.807) is 7.11 Å². The summed E-state index contributed by atoms with van der Waals surface area (Å²) < 4.78 is 12.4. The topological polar surface area (TPSA) is 21.7 Å². The van der Waals surface area contributed by atoms with Crippen LogP contribution in [0.1, 0.15) is 50.6 Å². The molecule has 3 heteroatoms. The van der Waals surface area contributed by atoms with E-state index in [1.807, 2.05) is 6.07 Å². The molecule has 0 saturated heterocycles. The van der Waals surface area contributed by atoms with Crippen molar-refractivity contribution in [3.8, 4) is 11.5 Å². The van der Waals surface area contributed by atoms with Gasteiger partial charge in [-0.15, -0.1) is 0 Å². The zero-order valence-electron chi connectivity index (χ0n) is 17.4. The second kappa shape index (κ2) is 7.29. The Bertz CT molecular complexity index is 1020. The van der Waals surface area contributed by atoms with Crippen LogP contribution in [0.25, 0.3) is 10.8 Å². The average molecular weight is 388 g/mol. The van der Waals surface area contributed by atoms with E-state index in [0.717, 1.165) is 37.3 Å². The summed E-state index contributed by atoms with van der Waals surface area (Å²) in [5.74, 6) is 1.81. The van der Waals surface area contributed by atoms with Gasteiger partial charge in [-0.2, -0.15) is 0 Å². The Balaban J connectivity index is 1.62. The first-order chi connectivity index (χ1) is 14.2. The lowest BCUT2D eigenvalue weighted by Crippen LogP contribution is -2.44. The van der Waals surface area contributed by atoms with Crippen LogP contribution in [0, 0.1) is 0 Å². The molecule has 5 rings (SSSR count). The summed E-state index contributed by atoms with van der Waals surface area (Å²) in [6.07, 6.45) is 5.80. The Kier molecular flexibility index (Phi) is 4.61. The van der Waals surface area contributed by atoms with Crippen molar-refractivity contribution in [2.24, 2.45) is 0 Å². The lowest BCUT2D eigenvalue weighted by Gasteiger charge is -2.45. The van der Waals surface area contributed by atoms with Crippen molar-refractivity contribution in [1.82, 2.24) is 0 Å². The molecule has 150 valence electrons. The van der Waals surface area contributed by atoms with Crippen molar-refractivity contribution >= 4 is 16.5 Å². The predicted molar refractivity (Wildman–Crippen MR) is 119 cm³/mol. The molecule has 0 amide bonds. The standard InChI is InChI=1S/C26H29NO2/c1-3-27(21-14-13-19-9-4-5-10-20(19)17-21)23-18-26(15-6-7-16-26)29-25-22(23)11-8-12-24(25)28-2/h4-5,8-14,17,23H,3,6-7,15-16,18H2,1-2H3. The maximum absolute atomic E-state index is 6.68. The van der Waals surface area contributed by atoms with Gasteiger partial charge < -0.3 is 14.4 Å². The van der Waals surface area contributed by atoms with Crippen molar-refractivity contribution in [3.05, 3.63) is 66.2 Å². The van der Waals surface area contributed by atoms with Crippen LogP contribution >= 0.6 is 0 Å². The molecule has 1 heterocycles. The van der Waals surface area contributed by atoms with E-state index in [1.165, 1.54) is 34.9 Å². The van der Waals surface area contributed by atoms with Gasteiger partial charge in [0.05, 0.1) is 13.2 Å². The summed E-state index contributed by atoms with van der Waals surface area (Å²) >= 11 is 0. The van der Waals surface area contributed by atoms with Crippen LogP contribution in [-0.4, -0.2) is 19.3 Å². The van der Waals surface area contributed by atoms with Gasteiger partial charge in [0, 0.05) is 24.2 Å². The zero-order chi connectivity index (χ0) is 19.8. The normalized spacial score (nSPS) is 19.7. The minimum absolute atomic E-state index is 0.0590. The molecule has 0 N–H and O–H groups in total. The van der Waals surface area contributed by atoms with E-state index >= 15 is 0 Å². The van der Waals surface area contributed by atoms with Gasteiger partial charge >= 0.3 is 0 Å². The SMILES string of the molecule is CCN(c1ccc2ccccc2c1)C1CC2(CCCC2)Oc2c(OC)cccc21. The maximum Gasteiger partial charge on any atom is 0.167 e. The van der Waals surface area contributed by atoms with Gasteiger partial charge in [0.1, 0.15) is 5.60 Å². The minimum atomic E-state index is -0.0590. The highest BCUT2D eigenvalue weighted by atomic mass is 16.5. The number of ether oxygens (including phenoxy) is 2. The molecular weight excluding hydrogens is 358 g/mol. The summed E-state index contributed by atoms with van der Waals surface area (Å²) in [6, 6.07) is 22.1. The first-order valence-corrected chi connectivity index (χ1v) is 10.8. The maximum atomic E-state index is 6.68. The number of anilines is 1. The molecule has 3 aromatic carbocycles. The Morgan fingerprint density at radius 1 is 1.00 bits per heavy atom. The molecule has 0 bridgehead atoms. The van der Waals surface area contributed by atoms with Gasteiger partial charge in [-0.05, 0) is 61.6 Å². The molecule has 1 saturated carbocycles. The molecule has 0 radical (unpaired) electrons. The molecule has 0 aromatic heterocycles. The summed E-state index contributed by atoms with van der Waals surface area (Å²) in [4.78, 5) is 2.55. The van der Waals surface area contributed by atoms with Gasteiger partial charge in [-0.25, -0.2) is 0 Å². The highest BCUT2D eigenvalue weighted by molar-refractivity contribution is 5.86. The lowest BCUT2D eigenvalue weighted by molar-refractivity contribution is 0.0382. The first kappa shape index (κ1) is 18.4. The molecule has 2 aliphatic rings. The molecule has 29 heavy (non-hydrogen) atoms. The second-order valence-corrected chi connectivity index (χ2v) is 8.41. The number of rotatable bonds is 4. The van der Waals surface area contributed by atoms with Gasteiger partial charge in [0.15, 0.2) is 11.5 Å². The van der Waals surface area contributed by atoms with E-state index < -0.39 is 0 Å². The highest BCUT2D eigenvalue weighted by Gasteiger charge is 2.45. The first-order valence-electron chi connectivity index (χ1n) is 10.8. The molecule has 1 fully saturated rings. The van der Waals surface area contributed by atoms with Crippen LogP contribution in [0.3, 0.4) is 0 Å². The number of benzene rings is 3. The van der Waals surface area contributed by atoms with Crippen molar-refractivity contribution in [3.63, 3.8) is 0 Å². The van der Waals surface area contributed by atoms with Gasteiger partial charge in [-0.1, -0.05) is 42.5 Å². The van der Waals surface area contributed by atoms with Crippen molar-refractivity contribution in [2.75, 3.05) is 18.6 Å². The molecule has 1 spiro atoms. The summed E-state index contributed by atoms with van der Waals surface area (Å²) in [5.41, 5.74) is 2.47. The summed E-state index contributed by atoms with van der Waals surface area (Å²) in [7, 11) is 1.74. The quantitative estimate of drug-likeness (QED) is 0.509. The van der Waals surface area contributed by atoms with Crippen LogP contribution in [0.4, 0.5) is 5.69 Å². The lowest BCUT2D eigenvalue weighted by atomic mass is 9.84. The highest BCUT2D eigenvalue weighted by Crippen LogP contribution is 2.52. The van der Waals surface area contributed by atoms with Crippen LogP contribution in [0.15, 0.2) is 60.7 Å². The average Bonchev–Trinajstić information content (AvgIpc) is 3.21. The van der Waals surface area contributed by atoms with Crippen LogP contribution < -0.4 is 14.4 Å². The van der Waals surface area contributed by atoms with Gasteiger partial charge in [-0.3, -0.25) is 0 Å². The Morgan fingerprint density at radius 3 is 2.55 bits per heavy atom. The Hall–Kier alpha value is -2.68. The number of nitrogens with zero attached hydrogens (tertiary/aromatic N) is 1. The smallest absolute Gasteiger partial charge is 0.167 e. The molecular formula is C26H29NO2. The molecule has 3 nitrogen and oxygen atoms in total. The Morgan fingerprint density at radius 2 is 1.79 bits per heavy atom. The van der Waals surface area contributed by atoms with E-state index in [0.29, 0.717) is 0 Å². The van der Waals surface area contributed by atoms with Crippen LogP contribution in [0.5, 0.6) is 11.5 Å². The van der Waals surface area contributed by atoms with Crippen molar-refractivity contribution in [2.45, 2.75) is 50.7 Å². The van der Waals surface area contributed by atoms with E-state index in [-0.39, 0.29) is 11.6 Å². The summed E-state index contributed by atoms with van der Waals surface area (Å²) in [6.45, 7) is 3.21. The number of fused-ring (bicyclic) bond motifs is 2. The molecule has 1 atom stereocenters. The minimum Gasteiger partial charge on any atom is -0.493 e. The largest absolute Gasteiger partial charge is 0.493 e. The van der Waals surface area contributed by atoms with Crippen LogP contribution in [0.2, 0.25) is 0 Å². The third-order valence-electron chi connectivity index (χ3n) is 6.77. The predicted octanol–water partition coefficient (Wildman–Crippen LogP) is 6.51. The van der Waals surface area contributed by atoms with Gasteiger partial charge in [0.25, 0.3) is 0 Å². The second-order valence-electron chi connectivity index (χ2n) is 8.41. The van der Waals surface area contributed by atoms with Gasteiger partial charge in [0.2, 0.25) is 0 Å². The molecule has 3 aromatic rings. The number of hydrogen-bond acceptors (Lipinski definition) is 3. The van der Waals surface area contributed by atoms with Crippen molar-refractivity contribution in [1.29, 1.82) is 0 Å². The fourth-order valence-electron chi connectivity index (χ4n) is 5.33. The number of para-hydroxylation sites is 1. The fraction of sp³-hybridized carbons (Fsp3) is 0.385. The monoisotopic (exact) mass is 387 g/mol. The van der Waals surface area contributed by atoms with E-state index in [9.17, 15) is 0 Å². The van der Waals surface area contributed by atoms with Crippen molar-refractivity contribution < 1.29 is 9.47 Å². The number of methoxy groups -OCH3 is 1. The molecule has 1 aliphatic carbocycles. The van der Waals surface area contributed by atoms with Crippen LogP contribution in [-0.2, 0) is 0 Å². The molecule has 1 aliphatic heterocycles.